The predicted octanol–water partition coefficient (Wildman–Crippen LogP) is 10.1. The third-order valence-corrected chi connectivity index (χ3v) is 26.0. The number of nitrogens with two attached hydrogens (primary N) is 2. The molecule has 1 saturated carbocycles. The van der Waals surface area contributed by atoms with Gasteiger partial charge in [0.2, 0.25) is 23.6 Å². The molecule has 2 unspecified atom stereocenters. The first-order valence-electron chi connectivity index (χ1n) is 46.7. The number of carbonyl (C=O) groups is 8. The molecule has 10 heterocycles. The zero-order valence-corrected chi connectivity index (χ0v) is 76.9. The Kier molecular flexibility index (Phi) is 36.0. The number of fused-ring (bicyclic) bond motifs is 6. The van der Waals surface area contributed by atoms with Crippen LogP contribution in [0.2, 0.25) is 0 Å². The normalized spacial score (nSPS) is 24.3. The van der Waals surface area contributed by atoms with Crippen molar-refractivity contribution in [2.24, 2.45) is 23.7 Å². The minimum absolute atomic E-state index is 0.0243. The molecule has 6 aromatic rings. The molecule has 4 aromatic heterocycles. The number of aliphatic hydroxyl groups is 1. The van der Waals surface area contributed by atoms with Gasteiger partial charge in [0, 0.05) is 140 Å². The molecule has 9 atom stereocenters. The molecule has 2 bridgehead atoms. The maximum atomic E-state index is 14.5. The van der Waals surface area contributed by atoms with Crippen LogP contribution in [0.25, 0.3) is 11.1 Å². The van der Waals surface area contributed by atoms with Crippen molar-refractivity contribution in [2.45, 2.75) is 219 Å². The van der Waals surface area contributed by atoms with Crippen LogP contribution in [0.5, 0.6) is 0 Å². The number of cyclic esters (lactones) is 1. The molecule has 8 N–H and O–H groups in total. The average molecular weight is 1820 g/mol. The Bertz CT molecular complexity index is 5100. The number of oxazole rings is 1. The summed E-state index contributed by atoms with van der Waals surface area (Å²) in [7, 11) is 1.63. The summed E-state index contributed by atoms with van der Waals surface area (Å²) in [5.41, 5.74) is 20.9. The van der Waals surface area contributed by atoms with E-state index in [0.29, 0.717) is 240 Å². The molecule has 35 nitrogen and oxygen atoms in total. The molecule has 4 fully saturated rings. The number of nitrogens with zero attached hydrogens (tertiary/aromatic N) is 12. The lowest BCUT2D eigenvalue weighted by Crippen LogP contribution is -2.54. The number of esters is 1. The van der Waals surface area contributed by atoms with Crippen molar-refractivity contribution in [1.29, 1.82) is 5.41 Å². The van der Waals surface area contributed by atoms with Crippen molar-refractivity contribution in [2.75, 3.05) is 139 Å². The molecule has 35 heteroatoms. The van der Waals surface area contributed by atoms with Crippen LogP contribution in [-0.4, -0.2) is 263 Å². The number of hydrogen-bond donors (Lipinski definition) is 6. The van der Waals surface area contributed by atoms with Crippen LogP contribution in [-0.2, 0) is 99.1 Å². The van der Waals surface area contributed by atoms with Crippen molar-refractivity contribution in [1.82, 2.24) is 54.9 Å². The number of methoxy groups -OCH3 is 1. The zero-order valence-electron chi connectivity index (χ0n) is 76.9. The van der Waals surface area contributed by atoms with E-state index in [-0.39, 0.29) is 123 Å². The van der Waals surface area contributed by atoms with Crippen LogP contribution in [0.15, 0.2) is 113 Å². The molecule has 1 aliphatic carbocycles. The lowest BCUT2D eigenvalue weighted by molar-refractivity contribution is -0.167. The fourth-order valence-corrected chi connectivity index (χ4v) is 18.1. The number of allylic oxidation sites excluding steroid dienone is 6. The third kappa shape index (κ3) is 27.4. The van der Waals surface area contributed by atoms with Crippen molar-refractivity contribution < 1.29 is 85.8 Å². The van der Waals surface area contributed by atoms with Gasteiger partial charge in [-0.25, -0.2) is 39.5 Å². The van der Waals surface area contributed by atoms with Gasteiger partial charge in [0.25, 0.3) is 17.8 Å². The second kappa shape index (κ2) is 48.4. The zero-order chi connectivity index (χ0) is 93.2. The molecule has 132 heavy (non-hydrogen) atoms. The third-order valence-electron chi connectivity index (χ3n) is 26.0. The summed E-state index contributed by atoms with van der Waals surface area (Å²) in [5, 5.41) is 26.5. The highest BCUT2D eigenvalue weighted by molar-refractivity contribution is 6.38. The lowest BCUT2D eigenvalue weighted by atomic mass is 9.83. The van der Waals surface area contributed by atoms with E-state index >= 15 is 0 Å². The van der Waals surface area contributed by atoms with Crippen LogP contribution in [0.1, 0.15) is 193 Å². The van der Waals surface area contributed by atoms with Crippen molar-refractivity contribution in [3.8, 4) is 0 Å². The molecule has 4 amide bonds. The molecule has 0 radical (unpaired) electrons. The van der Waals surface area contributed by atoms with Crippen molar-refractivity contribution >= 4 is 93.5 Å². The first kappa shape index (κ1) is 98.2. The van der Waals surface area contributed by atoms with Crippen LogP contribution in [0.3, 0.4) is 0 Å². The van der Waals surface area contributed by atoms with E-state index in [1.165, 1.54) is 29.2 Å². The summed E-state index contributed by atoms with van der Waals surface area (Å²) in [6.07, 6.45) is 22.7. The quantitative estimate of drug-likeness (QED) is 0.00874. The summed E-state index contributed by atoms with van der Waals surface area (Å²) in [5.74, 6) is -1.78. The predicted molar refractivity (Wildman–Crippen MR) is 493 cm³/mol. The number of ketones is 3. The van der Waals surface area contributed by atoms with E-state index in [1.807, 2.05) is 68.2 Å². The molecular weight excluding hydrogens is 1690 g/mol. The van der Waals surface area contributed by atoms with E-state index in [4.69, 9.17) is 69.2 Å². The number of Topliss-reactive ketones (excluding diaryl/α,β-unsaturated/α-hetero) is 3. The summed E-state index contributed by atoms with van der Waals surface area (Å²) in [4.78, 5) is 151. The number of piperazine rings is 1. The van der Waals surface area contributed by atoms with Gasteiger partial charge >= 0.3 is 12.1 Å². The molecule has 710 valence electrons. The number of anilines is 5. The average Bonchev–Trinajstić information content (AvgIpc) is 0.880. The van der Waals surface area contributed by atoms with Gasteiger partial charge in [-0.1, -0.05) is 75.4 Å². The minimum Gasteiger partial charge on any atom is -0.460 e. The Morgan fingerprint density at radius 2 is 1.39 bits per heavy atom. The Morgan fingerprint density at radius 1 is 0.667 bits per heavy atom. The topological polar surface area (TPSA) is 450 Å². The van der Waals surface area contributed by atoms with Crippen LogP contribution in [0.4, 0.5) is 34.3 Å². The number of ether oxygens (including phenoxy) is 8. The van der Waals surface area contributed by atoms with Gasteiger partial charge in [0.1, 0.15) is 59.4 Å². The highest BCUT2D eigenvalue weighted by Gasteiger charge is 2.43. The molecule has 2 aromatic carbocycles. The van der Waals surface area contributed by atoms with Gasteiger partial charge in [-0.05, 0) is 162 Å². The number of nitrogens with one attached hydrogen (secondary N) is 3. The van der Waals surface area contributed by atoms with Crippen molar-refractivity contribution in [3.63, 3.8) is 0 Å². The maximum absolute atomic E-state index is 14.5. The van der Waals surface area contributed by atoms with Crippen LogP contribution in [0, 0.1) is 29.1 Å². The molecule has 6 aliphatic heterocycles. The van der Waals surface area contributed by atoms with Gasteiger partial charge < -0.3 is 94.0 Å². The van der Waals surface area contributed by atoms with Gasteiger partial charge in [-0.2, -0.15) is 4.98 Å². The summed E-state index contributed by atoms with van der Waals surface area (Å²) >= 11 is 0. The SMILES string of the molecule is CO[C@H]1CC2CCCC(O2)C(=O)C(=O)N2CCCC[C@H]2C(=O)O[C@H](CCC2CCC(OC(=O)N3CCc4nc(N5CCN(c6ncc(C(=O)NCCOCCOCCOCCOCCC(=O)N7CCc8cc(CNc9ncnc(N)c9C(=N)c9ccc%10oc(N)nc%10c9)ccc8C7)cn6)CC5)ncc4C3)CC2)CC(=O)[C@H](C)/C=C(\C)[C@@H](O)CC(=O)[C@H](C)C[C@H](C)/C=C/C=CC=C1C. The van der Waals surface area contributed by atoms with Gasteiger partial charge in [-0.15, -0.1) is 0 Å². The van der Waals surface area contributed by atoms with Crippen LogP contribution < -0.4 is 31.9 Å². The first-order valence-corrected chi connectivity index (χ1v) is 46.7. The number of piperidine rings is 1. The highest BCUT2D eigenvalue weighted by atomic mass is 16.6. The molecular formula is C97H129N17O18. The Morgan fingerprint density at radius 3 is 2.14 bits per heavy atom. The van der Waals surface area contributed by atoms with Crippen molar-refractivity contribution in [3.05, 3.63) is 154 Å². The molecule has 0 spiro atoms. The summed E-state index contributed by atoms with van der Waals surface area (Å²) < 4.78 is 52.8. The van der Waals surface area contributed by atoms with E-state index in [9.17, 15) is 43.5 Å². The van der Waals surface area contributed by atoms with Gasteiger partial charge in [-0.3, -0.25) is 34.2 Å². The summed E-state index contributed by atoms with van der Waals surface area (Å²) in [6, 6.07) is 10.4. The summed E-state index contributed by atoms with van der Waals surface area (Å²) in [6.45, 7) is 17.2. The number of benzene rings is 2. The van der Waals surface area contributed by atoms with Gasteiger partial charge in [0.05, 0.1) is 107 Å². The fourth-order valence-electron chi connectivity index (χ4n) is 18.1. The first-order chi connectivity index (χ1) is 63.9. The number of nitrogen functional groups attached to an aromatic ring is 2. The molecule has 13 rings (SSSR count). The largest absolute Gasteiger partial charge is 0.460 e. The fraction of sp³-hybridized carbons (Fsp3) is 0.567. The van der Waals surface area contributed by atoms with Gasteiger partial charge in [0.15, 0.2) is 5.58 Å². The van der Waals surface area contributed by atoms with E-state index in [2.05, 4.69) is 51.4 Å². The minimum atomic E-state index is -1.09. The Hall–Kier alpha value is -11.3. The number of aliphatic hydroxyl groups excluding tert-OH is 1. The van der Waals surface area contributed by atoms with E-state index < -0.39 is 54.0 Å². The molecule has 3 saturated heterocycles. The number of hydrogen-bond acceptors (Lipinski definition) is 31. The van der Waals surface area contributed by atoms with Crippen LogP contribution >= 0.6 is 0 Å². The monoisotopic (exact) mass is 1820 g/mol. The van der Waals surface area contributed by atoms with E-state index in [1.54, 1.807) is 56.3 Å². The smallest absolute Gasteiger partial charge is 0.410 e. The Balaban J connectivity index is 0.476. The Labute approximate surface area is 770 Å². The number of rotatable bonds is 28. The maximum Gasteiger partial charge on any atom is 0.410 e. The highest BCUT2D eigenvalue weighted by Crippen LogP contribution is 2.36. The second-order valence-electron chi connectivity index (χ2n) is 35.7. The number of aromatic nitrogens is 7. The number of carbonyl (C=O) groups excluding carboxylic acids is 8. The standard InChI is InChI=1S/C97H129N17O18/c1-61-13-8-7-9-14-62(2)84(124-6)52-74-15-12-17-83(129-74)88(119)92(121)114-32-11-10-16-78(114)93(122)130-75(51-79(115)64(4)48-65(5)81(117)53-80(116)63(3)47-61)26-21-66-19-24-73(25-20-66)131-97(123)113-34-29-76-72(59-113)57-105-96(109-76)111-37-35-110(36-38-111)95-103-55-71(56-104-95)91(120)101-31-40-126-42-44-128-46-45-127-43-41-125-39-30-85(118)112-33-28-68-49-67(18-22-70(68)58-112)54-102-90-86(89(99)106-60-107-90)87(98)69-23-27-82-77(50-69)108-94(100)132-82/h7-9,13-14,18,22-23,27,48-50,55-57,60-61,63-64,66,73-75,78,81,83-84,98,117H,10-12,15-17,19-21,24-26,28-47,51-54,58-59H2,1-6H3,(H2,100,108)(H,101,120)(H3,99,102,106,107)/b9-7?,13-8+,62-14?,65-48+,98-87?/t61-,63-,64-,66?,73?,74?,75-,78+,81+,83?,84+/m1/s1. The molecule has 7 aliphatic rings. The second-order valence-corrected chi connectivity index (χ2v) is 35.7. The lowest BCUT2D eigenvalue weighted by Gasteiger charge is -2.36. The van der Waals surface area contributed by atoms with E-state index in [0.717, 1.165) is 40.8 Å². The number of amides is 4.